The molecule has 1 rings (SSSR count). The molecule has 1 heterocycles. The van der Waals surface area contributed by atoms with Gasteiger partial charge < -0.3 is 10.1 Å². The maximum atomic E-state index is 5.11. The van der Waals surface area contributed by atoms with E-state index in [0.717, 1.165) is 26.0 Å². The second kappa shape index (κ2) is 8.74. The van der Waals surface area contributed by atoms with E-state index in [2.05, 4.69) is 29.8 Å². The van der Waals surface area contributed by atoms with E-state index in [9.17, 15) is 0 Å². The summed E-state index contributed by atoms with van der Waals surface area (Å²) in [6, 6.07) is 4.96. The molecule has 1 N–H and O–H groups in total. The molecule has 0 bridgehead atoms. The largest absolute Gasteiger partial charge is 0.385 e. The Balaban J connectivity index is 2.31. The van der Waals surface area contributed by atoms with Crippen LogP contribution in [-0.4, -0.2) is 26.3 Å². The summed E-state index contributed by atoms with van der Waals surface area (Å²) < 4.78 is 5.11. The molecule has 2 nitrogen and oxygen atoms in total. The van der Waals surface area contributed by atoms with Gasteiger partial charge in [-0.25, -0.2) is 0 Å². The van der Waals surface area contributed by atoms with Crippen molar-refractivity contribution in [1.82, 2.24) is 5.32 Å². The van der Waals surface area contributed by atoms with Crippen LogP contribution in [0.5, 0.6) is 0 Å². The molecule has 0 saturated carbocycles. The third-order valence-electron chi connectivity index (χ3n) is 2.61. The van der Waals surface area contributed by atoms with Crippen LogP contribution in [0.1, 0.15) is 31.1 Å². The molecule has 0 saturated heterocycles. The third-order valence-corrected chi connectivity index (χ3v) is 3.51. The Morgan fingerprint density at radius 3 is 3.00 bits per heavy atom. The minimum Gasteiger partial charge on any atom is -0.385 e. The Morgan fingerprint density at radius 2 is 2.38 bits per heavy atom. The molecule has 1 atom stereocenters. The van der Waals surface area contributed by atoms with Crippen LogP contribution in [0, 0.1) is 0 Å². The summed E-state index contributed by atoms with van der Waals surface area (Å²) in [5.74, 6) is 0. The lowest BCUT2D eigenvalue weighted by Gasteiger charge is -2.17. The summed E-state index contributed by atoms with van der Waals surface area (Å²) in [7, 11) is 1.77. The number of rotatable bonds is 9. The Labute approximate surface area is 103 Å². The first-order valence-electron chi connectivity index (χ1n) is 6.11. The van der Waals surface area contributed by atoms with Crippen LogP contribution in [0.25, 0.3) is 0 Å². The van der Waals surface area contributed by atoms with Crippen LogP contribution in [-0.2, 0) is 11.2 Å². The number of hydrogen-bond acceptors (Lipinski definition) is 3. The lowest BCUT2D eigenvalue weighted by molar-refractivity contribution is 0.188. The molecule has 0 aromatic carbocycles. The van der Waals surface area contributed by atoms with E-state index in [1.807, 2.05) is 11.3 Å². The highest BCUT2D eigenvalue weighted by molar-refractivity contribution is 7.09. The van der Waals surface area contributed by atoms with Gasteiger partial charge in [-0.05, 0) is 43.7 Å². The molecule has 0 fully saturated rings. The minimum atomic E-state index is 0.605. The highest BCUT2D eigenvalue weighted by atomic mass is 32.1. The van der Waals surface area contributed by atoms with Crippen LogP contribution < -0.4 is 5.32 Å². The van der Waals surface area contributed by atoms with E-state index in [1.165, 1.54) is 17.7 Å². The SMILES string of the molecule is CCCNC(CCCOC)Cc1cccs1. The first-order chi connectivity index (χ1) is 7.86. The number of nitrogens with one attached hydrogen (secondary N) is 1. The van der Waals surface area contributed by atoms with Gasteiger partial charge in [0, 0.05) is 24.6 Å². The van der Waals surface area contributed by atoms with Crippen molar-refractivity contribution in [3.63, 3.8) is 0 Å². The second-order valence-electron chi connectivity index (χ2n) is 4.07. The van der Waals surface area contributed by atoms with Gasteiger partial charge in [-0.3, -0.25) is 0 Å². The van der Waals surface area contributed by atoms with E-state index in [-0.39, 0.29) is 0 Å². The Bertz CT molecular complexity index is 248. The highest BCUT2D eigenvalue weighted by Gasteiger charge is 2.08. The molecule has 92 valence electrons. The standard InChI is InChI=1S/C13H23NOS/c1-3-8-14-12(6-4-9-15-2)11-13-7-5-10-16-13/h5,7,10,12,14H,3-4,6,8-9,11H2,1-2H3. The quantitative estimate of drug-likeness (QED) is 0.671. The van der Waals surface area contributed by atoms with Crippen molar-refractivity contribution in [3.8, 4) is 0 Å². The average molecular weight is 241 g/mol. The van der Waals surface area contributed by atoms with Crippen LogP contribution in [0.2, 0.25) is 0 Å². The van der Waals surface area contributed by atoms with Crippen molar-refractivity contribution in [2.45, 2.75) is 38.6 Å². The van der Waals surface area contributed by atoms with Crippen LogP contribution in [0.15, 0.2) is 17.5 Å². The molecule has 16 heavy (non-hydrogen) atoms. The molecule has 0 aliphatic carbocycles. The van der Waals surface area contributed by atoms with Crippen molar-refractivity contribution < 1.29 is 4.74 Å². The summed E-state index contributed by atoms with van der Waals surface area (Å²) in [6.45, 7) is 4.20. The van der Waals surface area contributed by atoms with Gasteiger partial charge in [0.2, 0.25) is 0 Å². The molecule has 0 radical (unpaired) electrons. The third kappa shape index (κ3) is 5.64. The van der Waals surface area contributed by atoms with Crippen molar-refractivity contribution in [3.05, 3.63) is 22.4 Å². The van der Waals surface area contributed by atoms with Gasteiger partial charge in [-0.2, -0.15) is 0 Å². The van der Waals surface area contributed by atoms with Crippen LogP contribution in [0.4, 0.5) is 0 Å². The molecular formula is C13H23NOS. The number of methoxy groups -OCH3 is 1. The molecular weight excluding hydrogens is 218 g/mol. The first kappa shape index (κ1) is 13.7. The zero-order valence-electron chi connectivity index (χ0n) is 10.4. The summed E-state index contributed by atoms with van der Waals surface area (Å²) in [4.78, 5) is 1.48. The summed E-state index contributed by atoms with van der Waals surface area (Å²) in [5, 5.41) is 5.77. The Hall–Kier alpha value is -0.380. The monoisotopic (exact) mass is 241 g/mol. The predicted octanol–water partition coefficient (Wildman–Crippen LogP) is 3.09. The van der Waals surface area contributed by atoms with E-state index in [0.29, 0.717) is 6.04 Å². The molecule has 1 aromatic heterocycles. The minimum absolute atomic E-state index is 0.605. The Morgan fingerprint density at radius 1 is 1.50 bits per heavy atom. The van der Waals surface area contributed by atoms with Gasteiger partial charge in [0.1, 0.15) is 0 Å². The van der Waals surface area contributed by atoms with Gasteiger partial charge >= 0.3 is 0 Å². The van der Waals surface area contributed by atoms with Gasteiger partial charge in [-0.1, -0.05) is 13.0 Å². The predicted molar refractivity (Wildman–Crippen MR) is 71.2 cm³/mol. The van der Waals surface area contributed by atoms with Crippen molar-refractivity contribution in [2.24, 2.45) is 0 Å². The smallest absolute Gasteiger partial charge is 0.0462 e. The molecule has 0 spiro atoms. The van der Waals surface area contributed by atoms with E-state index in [1.54, 1.807) is 7.11 Å². The molecule has 0 aliphatic rings. The van der Waals surface area contributed by atoms with Crippen molar-refractivity contribution in [1.29, 1.82) is 0 Å². The summed E-state index contributed by atoms with van der Waals surface area (Å²) >= 11 is 1.85. The summed E-state index contributed by atoms with van der Waals surface area (Å²) in [6.07, 6.45) is 4.70. The first-order valence-corrected chi connectivity index (χ1v) is 6.99. The van der Waals surface area contributed by atoms with E-state index in [4.69, 9.17) is 4.74 Å². The van der Waals surface area contributed by atoms with Crippen molar-refractivity contribution in [2.75, 3.05) is 20.3 Å². The molecule has 1 unspecified atom stereocenters. The fourth-order valence-electron chi connectivity index (χ4n) is 1.77. The summed E-state index contributed by atoms with van der Waals surface area (Å²) in [5.41, 5.74) is 0. The Kier molecular flexibility index (Phi) is 7.47. The van der Waals surface area contributed by atoms with Gasteiger partial charge in [0.05, 0.1) is 0 Å². The lowest BCUT2D eigenvalue weighted by Crippen LogP contribution is -2.31. The number of thiophene rings is 1. The number of ether oxygens (including phenoxy) is 1. The van der Waals surface area contributed by atoms with Gasteiger partial charge in [0.25, 0.3) is 0 Å². The number of hydrogen-bond donors (Lipinski definition) is 1. The molecule has 0 aliphatic heterocycles. The fourth-order valence-corrected chi connectivity index (χ4v) is 2.56. The maximum Gasteiger partial charge on any atom is 0.0462 e. The van der Waals surface area contributed by atoms with Crippen LogP contribution in [0.3, 0.4) is 0 Å². The lowest BCUT2D eigenvalue weighted by atomic mass is 10.1. The average Bonchev–Trinajstić information content (AvgIpc) is 2.78. The van der Waals surface area contributed by atoms with Crippen LogP contribution >= 0.6 is 11.3 Å². The zero-order chi connectivity index (χ0) is 11.6. The molecule has 0 amide bonds. The van der Waals surface area contributed by atoms with E-state index < -0.39 is 0 Å². The van der Waals surface area contributed by atoms with Gasteiger partial charge in [0.15, 0.2) is 0 Å². The van der Waals surface area contributed by atoms with Gasteiger partial charge in [-0.15, -0.1) is 11.3 Å². The molecule has 1 aromatic rings. The normalized spacial score (nSPS) is 12.9. The fraction of sp³-hybridized carbons (Fsp3) is 0.692. The zero-order valence-corrected chi connectivity index (χ0v) is 11.2. The topological polar surface area (TPSA) is 21.3 Å². The van der Waals surface area contributed by atoms with Crippen molar-refractivity contribution >= 4 is 11.3 Å². The van der Waals surface area contributed by atoms with E-state index >= 15 is 0 Å². The highest BCUT2D eigenvalue weighted by Crippen LogP contribution is 2.13. The second-order valence-corrected chi connectivity index (χ2v) is 5.10. The molecule has 3 heteroatoms. The maximum absolute atomic E-state index is 5.11.